The van der Waals surface area contributed by atoms with Crippen molar-refractivity contribution in [2.75, 3.05) is 24.5 Å². The third-order valence-corrected chi connectivity index (χ3v) is 4.49. The number of phenols is 1. The number of phenolic OH excluding ortho intramolecular Hbond substituents is 1. The molecule has 1 aliphatic rings. The SMILES string of the molecule is O=C(NCCc1cccc(O)c1)NCc1ccccc1N1CCCC1. The van der Waals surface area contributed by atoms with Crippen LogP contribution in [0, 0.1) is 0 Å². The maximum absolute atomic E-state index is 12.0. The van der Waals surface area contributed by atoms with E-state index in [2.05, 4.69) is 27.7 Å². The molecule has 2 aromatic rings. The number of para-hydroxylation sites is 1. The highest BCUT2D eigenvalue weighted by Gasteiger charge is 2.15. The van der Waals surface area contributed by atoms with Crippen molar-refractivity contribution in [1.29, 1.82) is 0 Å². The van der Waals surface area contributed by atoms with Crippen LogP contribution in [0.15, 0.2) is 48.5 Å². The van der Waals surface area contributed by atoms with Crippen molar-refractivity contribution in [2.24, 2.45) is 0 Å². The maximum Gasteiger partial charge on any atom is 0.315 e. The second-order valence-corrected chi connectivity index (χ2v) is 6.35. The van der Waals surface area contributed by atoms with E-state index in [0.29, 0.717) is 19.5 Å². The zero-order valence-corrected chi connectivity index (χ0v) is 14.4. The molecule has 0 spiro atoms. The third-order valence-electron chi connectivity index (χ3n) is 4.49. The Morgan fingerprint density at radius 3 is 2.64 bits per heavy atom. The van der Waals surface area contributed by atoms with Crippen LogP contribution in [-0.4, -0.2) is 30.8 Å². The first-order valence-electron chi connectivity index (χ1n) is 8.85. The van der Waals surface area contributed by atoms with Crippen LogP contribution in [0.2, 0.25) is 0 Å². The lowest BCUT2D eigenvalue weighted by atomic mass is 10.1. The molecule has 1 saturated heterocycles. The molecule has 2 aromatic carbocycles. The van der Waals surface area contributed by atoms with Crippen molar-refractivity contribution in [1.82, 2.24) is 10.6 Å². The van der Waals surface area contributed by atoms with Crippen LogP contribution in [-0.2, 0) is 13.0 Å². The smallest absolute Gasteiger partial charge is 0.315 e. The Bertz CT molecular complexity index is 712. The van der Waals surface area contributed by atoms with Crippen molar-refractivity contribution in [2.45, 2.75) is 25.8 Å². The molecule has 0 atom stereocenters. The molecule has 2 amide bonds. The van der Waals surface area contributed by atoms with Gasteiger partial charge in [0, 0.05) is 31.9 Å². The van der Waals surface area contributed by atoms with Crippen LogP contribution < -0.4 is 15.5 Å². The van der Waals surface area contributed by atoms with Crippen LogP contribution in [0.1, 0.15) is 24.0 Å². The van der Waals surface area contributed by atoms with E-state index in [1.165, 1.54) is 18.5 Å². The first-order chi connectivity index (χ1) is 12.2. The van der Waals surface area contributed by atoms with Gasteiger partial charge in [0.25, 0.3) is 0 Å². The molecule has 25 heavy (non-hydrogen) atoms. The van der Waals surface area contributed by atoms with Crippen molar-refractivity contribution in [3.63, 3.8) is 0 Å². The van der Waals surface area contributed by atoms with Gasteiger partial charge in [0.2, 0.25) is 0 Å². The van der Waals surface area contributed by atoms with E-state index in [1.54, 1.807) is 18.2 Å². The van der Waals surface area contributed by atoms with Gasteiger partial charge < -0.3 is 20.6 Å². The summed E-state index contributed by atoms with van der Waals surface area (Å²) in [5.41, 5.74) is 3.37. The summed E-state index contributed by atoms with van der Waals surface area (Å²) in [5, 5.41) is 15.2. The van der Waals surface area contributed by atoms with Crippen LogP contribution in [0.4, 0.5) is 10.5 Å². The summed E-state index contributed by atoms with van der Waals surface area (Å²) >= 11 is 0. The number of rotatable bonds is 6. The number of nitrogens with zero attached hydrogens (tertiary/aromatic N) is 1. The molecule has 0 radical (unpaired) electrons. The second kappa shape index (κ2) is 8.42. The molecular formula is C20H25N3O2. The van der Waals surface area contributed by atoms with Crippen molar-refractivity contribution in [3.8, 4) is 5.75 Å². The van der Waals surface area contributed by atoms with Gasteiger partial charge in [0.15, 0.2) is 0 Å². The van der Waals surface area contributed by atoms with E-state index in [9.17, 15) is 9.90 Å². The molecule has 1 aliphatic heterocycles. The lowest BCUT2D eigenvalue weighted by Gasteiger charge is -2.21. The molecular weight excluding hydrogens is 314 g/mol. The van der Waals surface area contributed by atoms with Gasteiger partial charge in [-0.05, 0) is 48.6 Å². The number of nitrogens with one attached hydrogen (secondary N) is 2. The van der Waals surface area contributed by atoms with Crippen LogP contribution >= 0.6 is 0 Å². The average Bonchev–Trinajstić information content (AvgIpc) is 3.15. The van der Waals surface area contributed by atoms with E-state index in [1.807, 2.05) is 18.2 Å². The normalized spacial score (nSPS) is 13.7. The number of urea groups is 1. The summed E-state index contributed by atoms with van der Waals surface area (Å²) in [7, 11) is 0. The molecule has 1 heterocycles. The monoisotopic (exact) mass is 339 g/mol. The summed E-state index contributed by atoms with van der Waals surface area (Å²) in [4.78, 5) is 14.4. The van der Waals surface area contributed by atoms with Crippen molar-refractivity contribution >= 4 is 11.7 Å². The third kappa shape index (κ3) is 4.89. The van der Waals surface area contributed by atoms with Gasteiger partial charge in [-0.3, -0.25) is 0 Å². The summed E-state index contributed by atoms with van der Waals surface area (Å²) < 4.78 is 0. The Balaban J connectivity index is 1.46. The summed E-state index contributed by atoms with van der Waals surface area (Å²) in [5.74, 6) is 0.250. The maximum atomic E-state index is 12.0. The quantitative estimate of drug-likeness (QED) is 0.758. The topological polar surface area (TPSA) is 64.6 Å². The number of carbonyl (C=O) groups is 1. The zero-order chi connectivity index (χ0) is 17.5. The van der Waals surface area contributed by atoms with Gasteiger partial charge in [-0.25, -0.2) is 4.79 Å². The Hall–Kier alpha value is -2.69. The molecule has 1 fully saturated rings. The largest absolute Gasteiger partial charge is 0.508 e. The fourth-order valence-electron chi connectivity index (χ4n) is 3.20. The molecule has 0 aliphatic carbocycles. The van der Waals surface area contributed by atoms with Gasteiger partial charge in [-0.1, -0.05) is 30.3 Å². The molecule has 132 valence electrons. The fraction of sp³-hybridized carbons (Fsp3) is 0.350. The summed E-state index contributed by atoms with van der Waals surface area (Å²) in [6, 6.07) is 15.2. The minimum absolute atomic E-state index is 0.170. The lowest BCUT2D eigenvalue weighted by Crippen LogP contribution is -2.36. The molecule has 0 bridgehead atoms. The number of hydrogen-bond donors (Lipinski definition) is 3. The predicted octanol–water partition coefficient (Wildman–Crippen LogP) is 3.03. The van der Waals surface area contributed by atoms with E-state index in [0.717, 1.165) is 24.2 Å². The van der Waals surface area contributed by atoms with E-state index < -0.39 is 0 Å². The van der Waals surface area contributed by atoms with Gasteiger partial charge >= 0.3 is 6.03 Å². The fourth-order valence-corrected chi connectivity index (χ4v) is 3.20. The zero-order valence-electron chi connectivity index (χ0n) is 14.4. The molecule has 5 heteroatoms. The molecule has 0 saturated carbocycles. The Kier molecular flexibility index (Phi) is 5.77. The highest BCUT2D eigenvalue weighted by atomic mass is 16.3. The van der Waals surface area contributed by atoms with E-state index >= 15 is 0 Å². The molecule has 3 rings (SSSR count). The number of amides is 2. The standard InChI is InChI=1S/C20H25N3O2/c24-18-8-5-6-16(14-18)10-11-21-20(25)22-15-17-7-1-2-9-19(17)23-12-3-4-13-23/h1-2,5-9,14,24H,3-4,10-13,15H2,(H2,21,22,25). The predicted molar refractivity (Wildman–Crippen MR) is 99.9 cm³/mol. The van der Waals surface area contributed by atoms with Crippen molar-refractivity contribution < 1.29 is 9.90 Å². The first-order valence-corrected chi connectivity index (χ1v) is 8.85. The van der Waals surface area contributed by atoms with Gasteiger partial charge in [0.05, 0.1) is 0 Å². The second-order valence-electron chi connectivity index (χ2n) is 6.35. The van der Waals surface area contributed by atoms with Crippen LogP contribution in [0.3, 0.4) is 0 Å². The highest BCUT2D eigenvalue weighted by molar-refractivity contribution is 5.74. The van der Waals surface area contributed by atoms with E-state index in [-0.39, 0.29) is 11.8 Å². The molecule has 0 unspecified atom stereocenters. The highest BCUT2D eigenvalue weighted by Crippen LogP contribution is 2.24. The summed E-state index contributed by atoms with van der Waals surface area (Å²) in [6.45, 7) is 3.23. The average molecular weight is 339 g/mol. The number of hydrogen-bond acceptors (Lipinski definition) is 3. The Morgan fingerprint density at radius 1 is 1.04 bits per heavy atom. The Morgan fingerprint density at radius 2 is 1.84 bits per heavy atom. The van der Waals surface area contributed by atoms with Crippen LogP contribution in [0.5, 0.6) is 5.75 Å². The number of aromatic hydroxyl groups is 1. The van der Waals surface area contributed by atoms with Gasteiger partial charge in [0.1, 0.15) is 5.75 Å². The van der Waals surface area contributed by atoms with Gasteiger partial charge in [-0.2, -0.15) is 0 Å². The molecule has 3 N–H and O–H groups in total. The number of benzene rings is 2. The minimum Gasteiger partial charge on any atom is -0.508 e. The minimum atomic E-state index is -0.170. The number of anilines is 1. The van der Waals surface area contributed by atoms with Crippen LogP contribution in [0.25, 0.3) is 0 Å². The molecule has 0 aromatic heterocycles. The first kappa shape index (κ1) is 17.1. The van der Waals surface area contributed by atoms with Gasteiger partial charge in [-0.15, -0.1) is 0 Å². The lowest BCUT2D eigenvalue weighted by molar-refractivity contribution is 0.240. The number of carbonyl (C=O) groups excluding carboxylic acids is 1. The van der Waals surface area contributed by atoms with E-state index in [4.69, 9.17) is 0 Å². The Labute approximate surface area is 148 Å². The van der Waals surface area contributed by atoms with Crippen molar-refractivity contribution in [3.05, 3.63) is 59.7 Å². The summed E-state index contributed by atoms with van der Waals surface area (Å²) in [6.07, 6.45) is 3.15. The molecule has 5 nitrogen and oxygen atoms in total.